The molecule has 0 aliphatic heterocycles. The van der Waals surface area contributed by atoms with Crippen LogP contribution in [0.3, 0.4) is 0 Å². The second kappa shape index (κ2) is 29.3. The summed E-state index contributed by atoms with van der Waals surface area (Å²) in [5, 5.41) is 0. The Hall–Kier alpha value is 0.720. The first kappa shape index (κ1) is 36.1. The van der Waals surface area contributed by atoms with E-state index in [9.17, 15) is 0 Å². The van der Waals surface area contributed by atoms with Crippen molar-refractivity contribution in [3.63, 3.8) is 0 Å². The molecule has 0 N–H and O–H groups in total. The first-order valence-electron chi connectivity index (χ1n) is 3.28. The van der Waals surface area contributed by atoms with Gasteiger partial charge in [-0.15, -0.1) is 0 Å². The summed E-state index contributed by atoms with van der Waals surface area (Å²) in [6.07, 6.45) is 0. The Morgan fingerprint density at radius 3 is 0.467 bits per heavy atom. The molecule has 0 rings (SSSR count). The molecule has 0 aromatic heterocycles. The van der Waals surface area contributed by atoms with Gasteiger partial charge in [0.05, 0.1) is 0 Å². The fourth-order valence-electron chi connectivity index (χ4n) is 0. The molecule has 0 fully saturated rings. The number of halogens is 3. The number of thiol groups is 3. The van der Waals surface area contributed by atoms with Gasteiger partial charge in [0.25, 0.3) is 0 Å². The van der Waals surface area contributed by atoms with E-state index in [1.54, 1.807) is 12.9 Å². The smallest absolute Gasteiger partial charge is 0.00309 e. The van der Waals surface area contributed by atoms with Gasteiger partial charge in [0.2, 0.25) is 0 Å². The molecule has 9 heteroatoms. The summed E-state index contributed by atoms with van der Waals surface area (Å²) in [6.45, 7) is 0. The van der Waals surface area contributed by atoms with Crippen LogP contribution in [0.5, 0.6) is 0 Å². The Kier molecular flexibility index (Phi) is 70.5. The van der Waals surface area contributed by atoms with Crippen LogP contribution in [-0.4, -0.2) is 55.2 Å². The molecular weight excluding hydrogens is 267 g/mol. The molecule has 0 aromatic carbocycles. The van der Waals surface area contributed by atoms with Crippen LogP contribution >= 0.6 is 38.4 Å². The fourth-order valence-corrected chi connectivity index (χ4v) is 0. The molecule has 0 heterocycles. The molecule has 0 amide bonds. The Bertz CT molecular complexity index is 57.4. The molecule has 3 nitrogen and oxygen atoms in total. The third-order valence-electron chi connectivity index (χ3n) is 0. The van der Waals surface area contributed by atoms with Crippen LogP contribution in [0.4, 0.5) is 14.1 Å². The van der Waals surface area contributed by atoms with Gasteiger partial charge >= 0.3 is 0 Å². The highest BCUT2D eigenvalue weighted by Crippen LogP contribution is 1.70. The number of hydrogen-bond acceptors (Lipinski definition) is 6. The zero-order chi connectivity index (χ0) is 10.7. The third kappa shape index (κ3) is 4590. The standard InChI is InChI=1S/3C2H7NS.3FH/c3*1-3(2)4;;;/h3*4H,1-2H3;3*1H. The molecule has 0 saturated heterocycles. The lowest BCUT2D eigenvalue weighted by Crippen LogP contribution is -1.89. The van der Waals surface area contributed by atoms with E-state index in [2.05, 4.69) is 38.4 Å². The van der Waals surface area contributed by atoms with Crippen molar-refractivity contribution in [2.75, 3.05) is 42.3 Å². The van der Waals surface area contributed by atoms with Crippen molar-refractivity contribution < 1.29 is 14.1 Å². The molecule has 0 aliphatic rings. The quantitative estimate of drug-likeness (QED) is 0.586. The van der Waals surface area contributed by atoms with E-state index in [1.165, 1.54) is 0 Å². The minimum atomic E-state index is 0. The monoisotopic (exact) mass is 291 g/mol. The predicted octanol–water partition coefficient (Wildman–Crippen LogP) is 1.64. The SMILES string of the molecule is CN(C)S.CN(C)S.CN(C)S.F.F.F. The molecule has 0 unspecified atom stereocenters. The highest BCUT2D eigenvalue weighted by Gasteiger charge is 1.60. The number of nitrogens with zero attached hydrogens (tertiary/aromatic N) is 3. The molecule has 0 aliphatic carbocycles. The summed E-state index contributed by atoms with van der Waals surface area (Å²) in [5.74, 6) is 0. The zero-order valence-corrected chi connectivity index (χ0v) is 12.6. The van der Waals surface area contributed by atoms with Gasteiger partial charge in [-0.3, -0.25) is 27.0 Å². The normalized spacial score (nSPS) is 7.20. The summed E-state index contributed by atoms with van der Waals surface area (Å²) in [7, 11) is 11.2. The van der Waals surface area contributed by atoms with Crippen molar-refractivity contribution >= 4 is 38.4 Å². The maximum atomic E-state index is 3.80. The summed E-state index contributed by atoms with van der Waals surface area (Å²) >= 11 is 11.4. The highest BCUT2D eigenvalue weighted by atomic mass is 32.1. The van der Waals surface area contributed by atoms with Gasteiger partial charge in [-0.2, -0.15) is 0 Å². The van der Waals surface area contributed by atoms with Gasteiger partial charge in [-0.25, -0.2) is 0 Å². The minimum absolute atomic E-state index is 0. The van der Waals surface area contributed by atoms with Gasteiger partial charge in [0.15, 0.2) is 0 Å². The second-order valence-electron chi connectivity index (χ2n) is 2.54. The molecule has 0 saturated carbocycles. The van der Waals surface area contributed by atoms with Crippen molar-refractivity contribution in [3.8, 4) is 0 Å². The Morgan fingerprint density at radius 2 is 0.467 bits per heavy atom. The lowest BCUT2D eigenvalue weighted by molar-refractivity contribution is 0.714. The molecule has 0 aromatic rings. The van der Waals surface area contributed by atoms with E-state index in [0.29, 0.717) is 0 Å². The lowest BCUT2D eigenvalue weighted by atomic mass is 11.3. The number of rotatable bonds is 0. The maximum absolute atomic E-state index is 3.80. The predicted molar refractivity (Wildman–Crippen MR) is 75.5 cm³/mol. The van der Waals surface area contributed by atoms with Crippen molar-refractivity contribution in [3.05, 3.63) is 0 Å². The van der Waals surface area contributed by atoms with Crippen LogP contribution < -0.4 is 0 Å². The van der Waals surface area contributed by atoms with Crippen molar-refractivity contribution in [1.82, 2.24) is 12.9 Å². The molecule has 0 spiro atoms. The highest BCUT2D eigenvalue weighted by molar-refractivity contribution is 7.77. The molecule has 0 bridgehead atoms. The molecule has 0 atom stereocenters. The summed E-state index contributed by atoms with van der Waals surface area (Å²) in [5.41, 5.74) is 0. The van der Waals surface area contributed by atoms with E-state index in [-0.39, 0.29) is 14.1 Å². The van der Waals surface area contributed by atoms with Gasteiger partial charge < -0.3 is 0 Å². The molecular formula is C6H24F3N3S3. The lowest BCUT2D eigenvalue weighted by Gasteiger charge is -1.88. The van der Waals surface area contributed by atoms with E-state index < -0.39 is 0 Å². The van der Waals surface area contributed by atoms with Crippen molar-refractivity contribution in [2.45, 2.75) is 0 Å². The number of hydrogen-bond donors (Lipinski definition) is 3. The van der Waals surface area contributed by atoms with Crippen LogP contribution in [0.1, 0.15) is 0 Å². The second-order valence-corrected chi connectivity index (χ2v) is 4.94. The molecule has 102 valence electrons. The van der Waals surface area contributed by atoms with Gasteiger partial charge in [-0.1, -0.05) is 38.4 Å². The van der Waals surface area contributed by atoms with E-state index in [0.717, 1.165) is 0 Å². The topological polar surface area (TPSA) is 9.72 Å². The van der Waals surface area contributed by atoms with E-state index in [4.69, 9.17) is 0 Å². The van der Waals surface area contributed by atoms with Gasteiger partial charge in [-0.05, 0) is 42.3 Å². The Balaban J connectivity index is -0.0000000184. The average molecular weight is 291 g/mol. The van der Waals surface area contributed by atoms with E-state index in [1.807, 2.05) is 42.3 Å². The van der Waals surface area contributed by atoms with E-state index >= 15 is 0 Å². The minimum Gasteiger partial charge on any atom is -0.269 e. The van der Waals surface area contributed by atoms with Gasteiger partial charge in [0, 0.05) is 0 Å². The maximum Gasteiger partial charge on any atom is -0.00309 e. The first-order valence-corrected chi connectivity index (χ1v) is 4.48. The zero-order valence-electron chi connectivity index (χ0n) is 9.91. The van der Waals surface area contributed by atoms with Crippen LogP contribution in [0.15, 0.2) is 0 Å². The first-order chi connectivity index (χ1) is 5.20. The Labute approximate surface area is 108 Å². The molecule has 0 radical (unpaired) electrons. The third-order valence-corrected chi connectivity index (χ3v) is 0. The summed E-state index contributed by atoms with van der Waals surface area (Å²) in [6, 6.07) is 0. The van der Waals surface area contributed by atoms with Crippen LogP contribution in [-0.2, 0) is 0 Å². The summed E-state index contributed by atoms with van der Waals surface area (Å²) in [4.78, 5) is 0. The molecule has 15 heavy (non-hydrogen) atoms. The summed E-state index contributed by atoms with van der Waals surface area (Å²) < 4.78 is 5.08. The van der Waals surface area contributed by atoms with Crippen molar-refractivity contribution in [1.29, 1.82) is 0 Å². The fraction of sp³-hybridized carbons (Fsp3) is 1.00. The van der Waals surface area contributed by atoms with Crippen molar-refractivity contribution in [2.24, 2.45) is 0 Å². The largest absolute Gasteiger partial charge is 0.269 e. The van der Waals surface area contributed by atoms with Crippen LogP contribution in [0.25, 0.3) is 0 Å². The Morgan fingerprint density at radius 1 is 0.467 bits per heavy atom. The average Bonchev–Trinajstić information content (AvgIpc) is 1.54. The van der Waals surface area contributed by atoms with Gasteiger partial charge in [0.1, 0.15) is 0 Å². The van der Waals surface area contributed by atoms with Crippen LogP contribution in [0, 0.1) is 0 Å². The van der Waals surface area contributed by atoms with Crippen LogP contribution in [0.2, 0.25) is 0 Å².